The molecule has 36 heavy (non-hydrogen) atoms. The molecule has 0 aliphatic heterocycles. The van der Waals surface area contributed by atoms with Gasteiger partial charge < -0.3 is 18.6 Å². The highest BCUT2D eigenvalue weighted by atomic mass is 19.2. The van der Waals surface area contributed by atoms with Gasteiger partial charge in [0.05, 0.1) is 12.7 Å². The summed E-state index contributed by atoms with van der Waals surface area (Å²) >= 11 is 0. The van der Waals surface area contributed by atoms with Gasteiger partial charge in [-0.05, 0) is 42.3 Å². The van der Waals surface area contributed by atoms with Crippen molar-refractivity contribution < 1.29 is 45.4 Å². The molecule has 0 saturated carbocycles. The van der Waals surface area contributed by atoms with Crippen molar-refractivity contribution in [3.8, 4) is 28.4 Å². The van der Waals surface area contributed by atoms with Gasteiger partial charge in [0.2, 0.25) is 29.1 Å². The second-order valence-electron chi connectivity index (χ2n) is 7.44. The Morgan fingerprint density at radius 2 is 1.44 bits per heavy atom. The Balaban J connectivity index is 1.55. The van der Waals surface area contributed by atoms with Crippen LogP contribution in [0, 0.1) is 36.0 Å². The fourth-order valence-electron chi connectivity index (χ4n) is 3.49. The number of ether oxygens (including phenoxy) is 3. The second-order valence-corrected chi connectivity index (χ2v) is 7.44. The Morgan fingerprint density at radius 3 is 2.06 bits per heavy atom. The molecule has 0 fully saturated rings. The molecular formula is C25H15F5O6. The molecule has 0 atom stereocenters. The topological polar surface area (TPSA) is 75.0 Å². The SMILES string of the molecule is COc1ccc(-c2c(C)c3ccc(OC(=O)COc4c(F)c(F)c(F)c(F)c4F)cc3oc2=O)cc1. The van der Waals surface area contributed by atoms with Crippen LogP contribution in [0.3, 0.4) is 0 Å². The number of hydrogen-bond donors (Lipinski definition) is 0. The van der Waals surface area contributed by atoms with Crippen LogP contribution < -0.4 is 19.8 Å². The number of rotatable bonds is 6. The number of benzene rings is 3. The van der Waals surface area contributed by atoms with Crippen molar-refractivity contribution in [2.45, 2.75) is 6.92 Å². The van der Waals surface area contributed by atoms with Crippen LogP contribution >= 0.6 is 0 Å². The summed E-state index contributed by atoms with van der Waals surface area (Å²) in [6, 6.07) is 10.9. The maximum atomic E-state index is 13.7. The minimum Gasteiger partial charge on any atom is -0.497 e. The van der Waals surface area contributed by atoms with Crippen molar-refractivity contribution in [1.82, 2.24) is 0 Å². The van der Waals surface area contributed by atoms with E-state index in [9.17, 15) is 31.5 Å². The van der Waals surface area contributed by atoms with E-state index in [1.54, 1.807) is 31.2 Å². The van der Waals surface area contributed by atoms with Crippen LogP contribution in [0.4, 0.5) is 22.0 Å². The monoisotopic (exact) mass is 506 g/mol. The Hall–Kier alpha value is -4.41. The molecule has 0 bridgehead atoms. The summed E-state index contributed by atoms with van der Waals surface area (Å²) < 4.78 is 86.9. The molecule has 0 unspecified atom stereocenters. The number of carbonyl (C=O) groups is 1. The third kappa shape index (κ3) is 4.47. The van der Waals surface area contributed by atoms with Crippen LogP contribution in [0.1, 0.15) is 5.56 Å². The van der Waals surface area contributed by atoms with E-state index in [1.807, 2.05) is 0 Å². The number of halogens is 5. The predicted molar refractivity (Wildman–Crippen MR) is 117 cm³/mol. The predicted octanol–water partition coefficient (Wildman–Crippen LogP) is 5.46. The molecule has 1 aromatic heterocycles. The van der Waals surface area contributed by atoms with Gasteiger partial charge in [0.25, 0.3) is 0 Å². The number of fused-ring (bicyclic) bond motifs is 1. The fourth-order valence-corrected chi connectivity index (χ4v) is 3.49. The average Bonchev–Trinajstić information content (AvgIpc) is 2.86. The standard InChI is InChI=1S/C25H15F5O6/c1-11-15-8-7-14(9-16(15)36-25(32)18(11)12-3-5-13(33-2)6-4-12)35-17(31)10-34-24-22(29)20(27)19(26)21(28)23(24)30/h3-9H,10H2,1-2H3. The molecule has 4 aromatic rings. The van der Waals surface area contributed by atoms with E-state index in [-0.39, 0.29) is 11.3 Å². The Labute approximate surface area is 199 Å². The minimum absolute atomic E-state index is 0.0840. The number of aryl methyl sites for hydroxylation is 1. The van der Waals surface area contributed by atoms with E-state index in [1.165, 1.54) is 25.3 Å². The number of hydrogen-bond acceptors (Lipinski definition) is 6. The zero-order valence-corrected chi connectivity index (χ0v) is 18.6. The van der Waals surface area contributed by atoms with Crippen molar-refractivity contribution in [3.63, 3.8) is 0 Å². The van der Waals surface area contributed by atoms with Crippen molar-refractivity contribution in [3.05, 3.63) is 87.5 Å². The lowest BCUT2D eigenvalue weighted by atomic mass is 9.99. The minimum atomic E-state index is -2.36. The molecule has 0 aliphatic rings. The van der Waals surface area contributed by atoms with Gasteiger partial charge in [-0.15, -0.1) is 0 Å². The van der Waals surface area contributed by atoms with Gasteiger partial charge in [0, 0.05) is 11.5 Å². The Morgan fingerprint density at radius 1 is 0.861 bits per heavy atom. The average molecular weight is 506 g/mol. The van der Waals surface area contributed by atoms with E-state index in [2.05, 4.69) is 4.74 Å². The molecule has 6 nitrogen and oxygen atoms in total. The van der Waals surface area contributed by atoms with Crippen LogP contribution in [0.25, 0.3) is 22.1 Å². The smallest absolute Gasteiger partial charge is 0.349 e. The van der Waals surface area contributed by atoms with E-state index in [0.29, 0.717) is 27.8 Å². The summed E-state index contributed by atoms with van der Waals surface area (Å²) in [5.74, 6) is -13.6. The Kier molecular flexibility index (Phi) is 6.65. The van der Waals surface area contributed by atoms with Crippen LogP contribution in [-0.2, 0) is 4.79 Å². The highest BCUT2D eigenvalue weighted by molar-refractivity contribution is 5.88. The molecule has 0 spiro atoms. The van der Waals surface area contributed by atoms with Gasteiger partial charge in [0.1, 0.15) is 17.1 Å². The second kappa shape index (κ2) is 9.68. The summed E-state index contributed by atoms with van der Waals surface area (Å²) in [6.07, 6.45) is 0. The largest absolute Gasteiger partial charge is 0.497 e. The maximum absolute atomic E-state index is 13.7. The Bertz CT molecular complexity index is 1520. The first kappa shape index (κ1) is 24.7. The zero-order chi connectivity index (χ0) is 26.1. The number of esters is 1. The lowest BCUT2D eigenvalue weighted by Gasteiger charge is -2.11. The van der Waals surface area contributed by atoms with E-state index in [4.69, 9.17) is 13.9 Å². The zero-order valence-electron chi connectivity index (χ0n) is 18.6. The summed E-state index contributed by atoms with van der Waals surface area (Å²) in [5, 5.41) is 0.540. The van der Waals surface area contributed by atoms with Gasteiger partial charge in [-0.3, -0.25) is 0 Å². The van der Waals surface area contributed by atoms with Gasteiger partial charge in [-0.2, -0.15) is 8.78 Å². The summed E-state index contributed by atoms with van der Waals surface area (Å²) in [6.45, 7) is 0.540. The van der Waals surface area contributed by atoms with E-state index >= 15 is 0 Å². The highest BCUT2D eigenvalue weighted by Gasteiger charge is 2.27. The molecule has 0 radical (unpaired) electrons. The van der Waals surface area contributed by atoms with Crippen LogP contribution in [0.5, 0.6) is 17.2 Å². The van der Waals surface area contributed by atoms with Crippen LogP contribution in [0.2, 0.25) is 0 Å². The van der Waals surface area contributed by atoms with Gasteiger partial charge >= 0.3 is 11.6 Å². The van der Waals surface area contributed by atoms with Gasteiger partial charge in [0.15, 0.2) is 12.4 Å². The van der Waals surface area contributed by atoms with Crippen molar-refractivity contribution in [2.75, 3.05) is 13.7 Å². The number of carbonyl (C=O) groups excluding carboxylic acids is 1. The number of methoxy groups -OCH3 is 1. The first-order valence-corrected chi connectivity index (χ1v) is 10.2. The van der Waals surface area contributed by atoms with Crippen LogP contribution in [0.15, 0.2) is 51.7 Å². The first-order valence-electron chi connectivity index (χ1n) is 10.2. The molecule has 0 amide bonds. The van der Waals surface area contributed by atoms with Gasteiger partial charge in [-0.25, -0.2) is 22.8 Å². The van der Waals surface area contributed by atoms with E-state index in [0.717, 1.165) is 0 Å². The molecule has 0 aliphatic carbocycles. The third-order valence-corrected chi connectivity index (χ3v) is 5.25. The molecule has 4 rings (SSSR count). The van der Waals surface area contributed by atoms with Crippen molar-refractivity contribution in [2.24, 2.45) is 0 Å². The van der Waals surface area contributed by atoms with Crippen molar-refractivity contribution >= 4 is 16.9 Å². The lowest BCUT2D eigenvalue weighted by molar-refractivity contribution is -0.136. The first-order chi connectivity index (χ1) is 17.1. The molecule has 3 aromatic carbocycles. The molecule has 1 heterocycles. The quantitative estimate of drug-likeness (QED) is 0.0864. The maximum Gasteiger partial charge on any atom is 0.349 e. The summed E-state index contributed by atoms with van der Waals surface area (Å²) in [4.78, 5) is 24.7. The van der Waals surface area contributed by atoms with Crippen molar-refractivity contribution in [1.29, 1.82) is 0 Å². The molecule has 186 valence electrons. The summed E-state index contributed by atoms with van der Waals surface area (Å²) in [7, 11) is 1.51. The molecule has 0 N–H and O–H groups in total. The highest BCUT2D eigenvalue weighted by Crippen LogP contribution is 2.31. The molecule has 0 saturated heterocycles. The fraction of sp³-hybridized carbons (Fsp3) is 0.120. The molecular weight excluding hydrogens is 491 g/mol. The summed E-state index contributed by atoms with van der Waals surface area (Å²) in [5.41, 5.74) is 0.957. The molecule has 11 heteroatoms. The normalized spacial score (nSPS) is 11.0. The van der Waals surface area contributed by atoms with Gasteiger partial charge in [-0.1, -0.05) is 12.1 Å². The van der Waals surface area contributed by atoms with E-state index < -0.39 is 53.0 Å². The third-order valence-electron chi connectivity index (χ3n) is 5.25. The lowest BCUT2D eigenvalue weighted by Crippen LogP contribution is -2.19. The van der Waals surface area contributed by atoms with Crippen LogP contribution in [-0.4, -0.2) is 19.7 Å².